The van der Waals surface area contributed by atoms with Crippen molar-refractivity contribution in [2.75, 3.05) is 7.11 Å². The fourth-order valence-corrected chi connectivity index (χ4v) is 1.98. The van der Waals surface area contributed by atoms with Crippen LogP contribution in [-0.2, 0) is 0 Å². The SMILES string of the molecule is COc1ccc(Br)c2nccc(C(=O)O)c12. The molecule has 82 valence electrons. The number of methoxy groups -OCH3 is 1. The van der Waals surface area contributed by atoms with Gasteiger partial charge in [-0.1, -0.05) is 0 Å². The van der Waals surface area contributed by atoms with Crippen molar-refractivity contribution in [2.45, 2.75) is 0 Å². The first kappa shape index (κ1) is 10.9. The van der Waals surface area contributed by atoms with Gasteiger partial charge in [-0.15, -0.1) is 0 Å². The zero-order valence-electron chi connectivity index (χ0n) is 8.40. The van der Waals surface area contributed by atoms with Crippen LogP contribution in [0.1, 0.15) is 10.4 Å². The molecule has 1 N–H and O–H groups in total. The Morgan fingerprint density at radius 1 is 1.44 bits per heavy atom. The number of carboxylic acids is 1. The van der Waals surface area contributed by atoms with Crippen LogP contribution in [0.5, 0.6) is 5.75 Å². The smallest absolute Gasteiger partial charge is 0.336 e. The van der Waals surface area contributed by atoms with E-state index < -0.39 is 5.97 Å². The standard InChI is InChI=1S/C11H8BrNO3/c1-16-8-3-2-7(12)10-9(8)6(11(14)15)4-5-13-10/h2-5H,1H3,(H,14,15). The van der Waals surface area contributed by atoms with Crippen LogP contribution in [0.2, 0.25) is 0 Å². The third-order valence-electron chi connectivity index (χ3n) is 2.25. The zero-order chi connectivity index (χ0) is 11.7. The summed E-state index contributed by atoms with van der Waals surface area (Å²) in [6, 6.07) is 4.94. The highest BCUT2D eigenvalue weighted by Crippen LogP contribution is 2.32. The fraction of sp³-hybridized carbons (Fsp3) is 0.0909. The number of aromatic carboxylic acids is 1. The molecule has 0 fully saturated rings. The first-order chi connectivity index (χ1) is 7.65. The molecular weight excluding hydrogens is 274 g/mol. The van der Waals surface area contributed by atoms with E-state index in [1.54, 1.807) is 12.1 Å². The number of ether oxygens (including phenoxy) is 1. The molecule has 1 heterocycles. The lowest BCUT2D eigenvalue weighted by molar-refractivity contribution is 0.0698. The van der Waals surface area contributed by atoms with Gasteiger partial charge in [0.15, 0.2) is 0 Å². The summed E-state index contributed by atoms with van der Waals surface area (Å²) in [5, 5.41) is 9.60. The van der Waals surface area contributed by atoms with Gasteiger partial charge in [0.25, 0.3) is 0 Å². The lowest BCUT2D eigenvalue weighted by atomic mass is 10.1. The molecular formula is C11H8BrNO3. The minimum atomic E-state index is -0.996. The first-order valence-electron chi connectivity index (χ1n) is 4.49. The van der Waals surface area contributed by atoms with Gasteiger partial charge in [-0.05, 0) is 34.1 Å². The minimum absolute atomic E-state index is 0.183. The summed E-state index contributed by atoms with van der Waals surface area (Å²) in [5.74, 6) is -0.493. The molecule has 5 heteroatoms. The van der Waals surface area contributed by atoms with Gasteiger partial charge in [-0.25, -0.2) is 4.79 Å². The number of pyridine rings is 1. The Bertz CT molecular complexity index is 568. The number of benzene rings is 1. The Morgan fingerprint density at radius 2 is 2.19 bits per heavy atom. The molecule has 0 bridgehead atoms. The van der Waals surface area contributed by atoms with E-state index in [1.807, 2.05) is 0 Å². The van der Waals surface area contributed by atoms with Crippen molar-refractivity contribution in [1.29, 1.82) is 0 Å². The number of nitrogens with zero attached hydrogens (tertiary/aromatic N) is 1. The van der Waals surface area contributed by atoms with Gasteiger partial charge in [0.2, 0.25) is 0 Å². The summed E-state index contributed by atoms with van der Waals surface area (Å²) >= 11 is 3.33. The molecule has 0 spiro atoms. The van der Waals surface area contributed by atoms with E-state index in [4.69, 9.17) is 9.84 Å². The van der Waals surface area contributed by atoms with Crippen molar-refractivity contribution in [3.63, 3.8) is 0 Å². The zero-order valence-corrected chi connectivity index (χ0v) is 9.98. The molecule has 0 aliphatic heterocycles. The van der Waals surface area contributed by atoms with E-state index in [9.17, 15) is 4.79 Å². The van der Waals surface area contributed by atoms with Crippen LogP contribution in [0.15, 0.2) is 28.9 Å². The molecule has 16 heavy (non-hydrogen) atoms. The van der Waals surface area contributed by atoms with E-state index in [1.165, 1.54) is 19.4 Å². The Morgan fingerprint density at radius 3 is 2.81 bits per heavy atom. The Kier molecular flexibility index (Phi) is 2.78. The Hall–Kier alpha value is -1.62. The molecule has 0 unspecified atom stereocenters. The summed E-state index contributed by atoms with van der Waals surface area (Å²) in [6.07, 6.45) is 1.47. The number of carboxylic acid groups (broad SMARTS) is 1. The van der Waals surface area contributed by atoms with Crippen LogP contribution < -0.4 is 4.74 Å². The monoisotopic (exact) mass is 281 g/mol. The summed E-state index contributed by atoms with van der Waals surface area (Å²) in [7, 11) is 1.50. The predicted octanol–water partition coefficient (Wildman–Crippen LogP) is 2.70. The van der Waals surface area contributed by atoms with E-state index in [-0.39, 0.29) is 5.56 Å². The molecule has 1 aromatic carbocycles. The maximum absolute atomic E-state index is 11.1. The topological polar surface area (TPSA) is 59.4 Å². The molecule has 0 amide bonds. The molecule has 0 radical (unpaired) electrons. The van der Waals surface area contributed by atoms with E-state index in [0.717, 1.165) is 4.47 Å². The van der Waals surface area contributed by atoms with Crippen molar-refractivity contribution in [3.8, 4) is 5.75 Å². The van der Waals surface area contributed by atoms with Crippen LogP contribution in [0.3, 0.4) is 0 Å². The van der Waals surface area contributed by atoms with Crippen molar-refractivity contribution in [1.82, 2.24) is 4.98 Å². The second-order valence-electron chi connectivity index (χ2n) is 3.14. The molecule has 1 aromatic heterocycles. The van der Waals surface area contributed by atoms with Gasteiger partial charge in [-0.3, -0.25) is 4.98 Å². The van der Waals surface area contributed by atoms with Crippen LogP contribution in [-0.4, -0.2) is 23.2 Å². The third kappa shape index (κ3) is 1.63. The maximum Gasteiger partial charge on any atom is 0.336 e. The lowest BCUT2D eigenvalue weighted by Crippen LogP contribution is -2.00. The molecule has 0 aliphatic carbocycles. The van der Waals surface area contributed by atoms with Gasteiger partial charge in [0.05, 0.1) is 23.6 Å². The van der Waals surface area contributed by atoms with Gasteiger partial charge >= 0.3 is 5.97 Å². The van der Waals surface area contributed by atoms with Crippen LogP contribution >= 0.6 is 15.9 Å². The van der Waals surface area contributed by atoms with E-state index in [2.05, 4.69) is 20.9 Å². The van der Waals surface area contributed by atoms with Crippen molar-refractivity contribution in [3.05, 3.63) is 34.4 Å². The number of hydrogen-bond donors (Lipinski definition) is 1. The molecule has 0 aliphatic rings. The fourth-order valence-electron chi connectivity index (χ4n) is 1.55. The minimum Gasteiger partial charge on any atom is -0.496 e. The van der Waals surface area contributed by atoms with Crippen LogP contribution in [0.25, 0.3) is 10.9 Å². The highest BCUT2D eigenvalue weighted by molar-refractivity contribution is 9.10. The van der Waals surface area contributed by atoms with Crippen LogP contribution in [0, 0.1) is 0 Å². The Labute approximate surface area is 100.0 Å². The highest BCUT2D eigenvalue weighted by atomic mass is 79.9. The molecule has 2 aromatic rings. The lowest BCUT2D eigenvalue weighted by Gasteiger charge is -2.08. The van der Waals surface area contributed by atoms with Gasteiger partial charge in [0, 0.05) is 10.7 Å². The van der Waals surface area contributed by atoms with Gasteiger partial charge in [0.1, 0.15) is 5.75 Å². The average molecular weight is 282 g/mol. The molecule has 0 atom stereocenters. The summed E-state index contributed by atoms with van der Waals surface area (Å²) in [4.78, 5) is 15.2. The molecule has 0 saturated carbocycles. The predicted molar refractivity (Wildman–Crippen MR) is 63.0 cm³/mol. The van der Waals surface area contributed by atoms with Crippen LogP contribution in [0.4, 0.5) is 0 Å². The first-order valence-corrected chi connectivity index (χ1v) is 5.29. The molecule has 0 saturated heterocycles. The average Bonchev–Trinajstić information content (AvgIpc) is 2.29. The van der Waals surface area contributed by atoms with Gasteiger partial charge < -0.3 is 9.84 Å². The number of aromatic nitrogens is 1. The van der Waals surface area contributed by atoms with Crippen molar-refractivity contribution in [2.24, 2.45) is 0 Å². The van der Waals surface area contributed by atoms with Crippen molar-refractivity contribution < 1.29 is 14.6 Å². The largest absolute Gasteiger partial charge is 0.496 e. The highest BCUT2D eigenvalue weighted by Gasteiger charge is 2.14. The normalized spacial score (nSPS) is 10.4. The van der Waals surface area contributed by atoms with E-state index >= 15 is 0 Å². The Balaban J connectivity index is 2.93. The summed E-state index contributed by atoms with van der Waals surface area (Å²) in [5.41, 5.74) is 0.766. The van der Waals surface area contributed by atoms with Crippen molar-refractivity contribution >= 4 is 32.8 Å². The number of rotatable bonds is 2. The summed E-state index contributed by atoms with van der Waals surface area (Å²) in [6.45, 7) is 0. The summed E-state index contributed by atoms with van der Waals surface area (Å²) < 4.78 is 5.89. The third-order valence-corrected chi connectivity index (χ3v) is 2.89. The number of hydrogen-bond acceptors (Lipinski definition) is 3. The number of halogens is 1. The number of fused-ring (bicyclic) bond motifs is 1. The second kappa shape index (κ2) is 4.09. The molecule has 4 nitrogen and oxygen atoms in total. The molecule has 2 rings (SSSR count). The second-order valence-corrected chi connectivity index (χ2v) is 3.99. The number of carbonyl (C=O) groups is 1. The van der Waals surface area contributed by atoms with Gasteiger partial charge in [-0.2, -0.15) is 0 Å². The van der Waals surface area contributed by atoms with E-state index in [0.29, 0.717) is 16.7 Å². The quantitative estimate of drug-likeness (QED) is 0.920. The maximum atomic E-state index is 11.1.